The minimum atomic E-state index is -3.65. The summed E-state index contributed by atoms with van der Waals surface area (Å²) in [4.78, 5) is 14.3. The molecule has 1 aromatic rings. The molecule has 2 fully saturated rings. The molecule has 0 N–H and O–H groups in total. The van der Waals surface area contributed by atoms with Crippen molar-refractivity contribution in [2.75, 3.05) is 33.4 Å². The van der Waals surface area contributed by atoms with E-state index < -0.39 is 10.0 Å². The summed E-state index contributed by atoms with van der Waals surface area (Å²) in [6.07, 6.45) is 4.70. The van der Waals surface area contributed by atoms with Gasteiger partial charge in [-0.15, -0.1) is 0 Å². The standard InChI is InChI=1S/C16H24N2O5S/c1-22-12-11-18(13-5-6-13)16(19)14-7-8-15(23-14)24(20,21)17-9-3-2-4-10-17/h7-8,13H,2-6,9-12H2,1H3. The lowest BCUT2D eigenvalue weighted by atomic mass is 10.2. The van der Waals surface area contributed by atoms with Crippen LogP contribution in [-0.2, 0) is 14.8 Å². The van der Waals surface area contributed by atoms with Gasteiger partial charge in [-0.3, -0.25) is 4.79 Å². The topological polar surface area (TPSA) is 80.1 Å². The number of carbonyl (C=O) groups excluding carboxylic acids is 1. The summed E-state index contributed by atoms with van der Waals surface area (Å²) in [6.45, 7) is 1.94. The predicted molar refractivity (Wildman–Crippen MR) is 87.3 cm³/mol. The fraction of sp³-hybridized carbons (Fsp3) is 0.688. The second-order valence-corrected chi connectivity index (χ2v) is 8.17. The summed E-state index contributed by atoms with van der Waals surface area (Å²) in [6, 6.07) is 3.06. The summed E-state index contributed by atoms with van der Waals surface area (Å²) >= 11 is 0. The summed E-state index contributed by atoms with van der Waals surface area (Å²) in [5, 5.41) is -0.143. The van der Waals surface area contributed by atoms with Gasteiger partial charge in [-0.05, 0) is 37.8 Å². The van der Waals surface area contributed by atoms with E-state index >= 15 is 0 Å². The van der Waals surface area contributed by atoms with Crippen LogP contribution in [-0.4, -0.2) is 62.9 Å². The molecule has 3 rings (SSSR count). The van der Waals surface area contributed by atoms with Gasteiger partial charge in [0.1, 0.15) is 0 Å². The maximum atomic E-state index is 12.6. The Morgan fingerprint density at radius 2 is 2.00 bits per heavy atom. The number of furan rings is 1. The van der Waals surface area contributed by atoms with Crippen molar-refractivity contribution < 1.29 is 22.4 Å². The molecule has 0 atom stereocenters. The molecule has 1 aliphatic carbocycles. The molecule has 24 heavy (non-hydrogen) atoms. The zero-order valence-electron chi connectivity index (χ0n) is 13.9. The van der Waals surface area contributed by atoms with Crippen LogP contribution in [0.1, 0.15) is 42.7 Å². The van der Waals surface area contributed by atoms with E-state index in [2.05, 4.69) is 0 Å². The Bertz CT molecular complexity index is 674. The van der Waals surface area contributed by atoms with Gasteiger partial charge in [0, 0.05) is 32.8 Å². The molecule has 0 bridgehead atoms. The first-order valence-corrected chi connectivity index (χ1v) is 9.88. The van der Waals surface area contributed by atoms with Gasteiger partial charge in [-0.2, -0.15) is 4.31 Å². The summed E-state index contributed by atoms with van der Waals surface area (Å²) < 4.78 is 37.1. The number of amides is 1. The number of methoxy groups -OCH3 is 1. The zero-order chi connectivity index (χ0) is 17.2. The molecular formula is C16H24N2O5S. The van der Waals surface area contributed by atoms with Crippen LogP contribution in [0, 0.1) is 0 Å². The number of piperidine rings is 1. The number of nitrogens with zero attached hydrogens (tertiary/aromatic N) is 2. The van der Waals surface area contributed by atoms with E-state index in [1.165, 1.54) is 16.4 Å². The van der Waals surface area contributed by atoms with Crippen LogP contribution in [0.2, 0.25) is 0 Å². The monoisotopic (exact) mass is 356 g/mol. The third kappa shape index (κ3) is 3.65. The smallest absolute Gasteiger partial charge is 0.289 e. The minimum absolute atomic E-state index is 0.0774. The van der Waals surface area contributed by atoms with Crippen molar-refractivity contribution in [1.82, 2.24) is 9.21 Å². The van der Waals surface area contributed by atoms with Crippen LogP contribution >= 0.6 is 0 Å². The minimum Gasteiger partial charge on any atom is -0.438 e. The Morgan fingerprint density at radius 1 is 1.29 bits per heavy atom. The molecule has 1 saturated heterocycles. The van der Waals surface area contributed by atoms with Gasteiger partial charge >= 0.3 is 0 Å². The van der Waals surface area contributed by atoms with Gasteiger partial charge in [0.2, 0.25) is 5.09 Å². The van der Waals surface area contributed by atoms with Crippen molar-refractivity contribution in [2.45, 2.75) is 43.2 Å². The summed E-state index contributed by atoms with van der Waals surface area (Å²) in [5.41, 5.74) is 0. The Morgan fingerprint density at radius 3 is 2.62 bits per heavy atom. The maximum absolute atomic E-state index is 12.6. The number of hydrogen-bond donors (Lipinski definition) is 0. The molecule has 1 saturated carbocycles. The highest BCUT2D eigenvalue weighted by atomic mass is 32.2. The van der Waals surface area contributed by atoms with Crippen LogP contribution in [0.25, 0.3) is 0 Å². The lowest BCUT2D eigenvalue weighted by Crippen LogP contribution is -2.36. The second-order valence-electron chi connectivity index (χ2n) is 6.31. The van der Waals surface area contributed by atoms with Gasteiger partial charge in [-0.25, -0.2) is 8.42 Å². The first kappa shape index (κ1) is 17.4. The Labute approximate surface area is 142 Å². The number of ether oxygens (including phenoxy) is 1. The van der Waals surface area contributed by atoms with E-state index in [4.69, 9.17) is 9.15 Å². The molecule has 8 heteroatoms. The molecule has 2 aliphatic rings. The van der Waals surface area contributed by atoms with Crippen LogP contribution in [0.4, 0.5) is 0 Å². The molecule has 7 nitrogen and oxygen atoms in total. The normalized spacial score (nSPS) is 19.4. The summed E-state index contributed by atoms with van der Waals surface area (Å²) in [5.74, 6) is -0.191. The molecule has 0 spiro atoms. The van der Waals surface area contributed by atoms with Crippen molar-refractivity contribution >= 4 is 15.9 Å². The highest BCUT2D eigenvalue weighted by Gasteiger charge is 2.35. The first-order valence-electron chi connectivity index (χ1n) is 8.44. The van der Waals surface area contributed by atoms with Crippen molar-refractivity contribution in [3.05, 3.63) is 17.9 Å². The number of carbonyl (C=O) groups is 1. The van der Waals surface area contributed by atoms with Crippen LogP contribution < -0.4 is 0 Å². The van der Waals surface area contributed by atoms with Gasteiger partial charge in [0.15, 0.2) is 5.76 Å². The van der Waals surface area contributed by atoms with Crippen LogP contribution in [0.15, 0.2) is 21.6 Å². The van der Waals surface area contributed by atoms with E-state index in [1.54, 1.807) is 12.0 Å². The Balaban J connectivity index is 1.75. The number of sulfonamides is 1. The molecule has 2 heterocycles. The van der Waals surface area contributed by atoms with E-state index in [0.29, 0.717) is 26.2 Å². The molecular weight excluding hydrogens is 332 g/mol. The average molecular weight is 356 g/mol. The number of hydrogen-bond acceptors (Lipinski definition) is 5. The molecule has 1 aliphatic heterocycles. The van der Waals surface area contributed by atoms with Crippen LogP contribution in [0.5, 0.6) is 0 Å². The van der Waals surface area contributed by atoms with Crippen molar-refractivity contribution in [1.29, 1.82) is 0 Å². The van der Waals surface area contributed by atoms with E-state index in [0.717, 1.165) is 32.1 Å². The zero-order valence-corrected chi connectivity index (χ0v) is 14.8. The quantitative estimate of drug-likeness (QED) is 0.743. The fourth-order valence-electron chi connectivity index (χ4n) is 2.97. The van der Waals surface area contributed by atoms with Crippen LogP contribution in [0.3, 0.4) is 0 Å². The predicted octanol–water partition coefficient (Wildman–Crippen LogP) is 1.71. The molecule has 0 radical (unpaired) electrons. The maximum Gasteiger partial charge on any atom is 0.289 e. The van der Waals surface area contributed by atoms with Gasteiger partial charge in [0.05, 0.1) is 6.61 Å². The second kappa shape index (κ2) is 7.25. The fourth-order valence-corrected chi connectivity index (χ4v) is 4.40. The molecule has 0 aromatic carbocycles. The lowest BCUT2D eigenvalue weighted by Gasteiger charge is -2.24. The van der Waals surface area contributed by atoms with Gasteiger partial charge < -0.3 is 14.1 Å². The number of rotatable bonds is 7. The highest BCUT2D eigenvalue weighted by molar-refractivity contribution is 7.89. The third-order valence-electron chi connectivity index (χ3n) is 4.49. The highest BCUT2D eigenvalue weighted by Crippen LogP contribution is 2.29. The lowest BCUT2D eigenvalue weighted by molar-refractivity contribution is 0.0643. The van der Waals surface area contributed by atoms with E-state index in [-0.39, 0.29) is 22.8 Å². The molecule has 1 aromatic heterocycles. The molecule has 1 amide bonds. The van der Waals surface area contributed by atoms with Gasteiger partial charge in [0.25, 0.3) is 15.9 Å². The third-order valence-corrected chi connectivity index (χ3v) is 6.26. The Kier molecular flexibility index (Phi) is 5.27. The molecule has 0 unspecified atom stereocenters. The van der Waals surface area contributed by atoms with Crippen molar-refractivity contribution in [3.8, 4) is 0 Å². The average Bonchev–Trinajstić information content (AvgIpc) is 3.30. The van der Waals surface area contributed by atoms with E-state index in [9.17, 15) is 13.2 Å². The van der Waals surface area contributed by atoms with Crippen molar-refractivity contribution in [2.24, 2.45) is 0 Å². The first-order chi connectivity index (χ1) is 11.5. The van der Waals surface area contributed by atoms with Crippen molar-refractivity contribution in [3.63, 3.8) is 0 Å². The molecule has 134 valence electrons. The summed E-state index contributed by atoms with van der Waals surface area (Å²) in [7, 11) is -2.06. The Hall–Kier alpha value is -1.38. The SMILES string of the molecule is COCCN(C(=O)c1ccc(S(=O)(=O)N2CCCCC2)o1)C1CC1. The van der Waals surface area contributed by atoms with E-state index in [1.807, 2.05) is 0 Å². The largest absolute Gasteiger partial charge is 0.438 e. The van der Waals surface area contributed by atoms with Gasteiger partial charge in [-0.1, -0.05) is 6.42 Å².